The van der Waals surface area contributed by atoms with Gasteiger partial charge in [0.15, 0.2) is 12.2 Å². The van der Waals surface area contributed by atoms with Crippen molar-refractivity contribution < 1.29 is 63.7 Å². The van der Waals surface area contributed by atoms with Crippen LogP contribution in [0.25, 0.3) is 10.9 Å². The first-order chi connectivity index (χ1) is 33.8. The Morgan fingerprint density at radius 3 is 2.32 bits per heavy atom. The number of fused-ring (bicyclic) bond motifs is 6. The minimum Gasteiger partial charge on any atom is -0.496 e. The fourth-order valence-corrected chi connectivity index (χ4v) is 13.7. The molecule has 384 valence electrons. The summed E-state index contributed by atoms with van der Waals surface area (Å²) in [7, 11) is 5.15. The minimum atomic E-state index is -2.27. The van der Waals surface area contributed by atoms with Gasteiger partial charge in [-0.15, -0.1) is 0 Å². The Hall–Kier alpha value is -5.79. The van der Waals surface area contributed by atoms with Crippen LogP contribution in [0, 0.1) is 11.3 Å². The van der Waals surface area contributed by atoms with Crippen molar-refractivity contribution >= 4 is 46.4 Å². The van der Waals surface area contributed by atoms with Gasteiger partial charge in [-0.05, 0) is 67.8 Å². The number of nitrogens with one attached hydrogen (secondary N) is 2. The molecule has 5 aliphatic heterocycles. The normalized spacial score (nSPS) is 30.9. The summed E-state index contributed by atoms with van der Waals surface area (Å²) in [4.78, 5) is 72.4. The Bertz CT molecular complexity index is 2630. The molecule has 6 aliphatic rings. The van der Waals surface area contributed by atoms with E-state index in [1.54, 1.807) is 7.11 Å². The van der Waals surface area contributed by atoms with E-state index in [2.05, 4.69) is 87.4 Å². The molecule has 11 atom stereocenters. The number of amides is 1. The summed E-state index contributed by atoms with van der Waals surface area (Å²) in [6.45, 7) is 11.5. The lowest BCUT2D eigenvalue weighted by Crippen LogP contribution is -2.81. The number of carbonyl (C=O) groups excluding carboxylic acids is 3. The second-order valence-corrected chi connectivity index (χ2v) is 20.3. The maximum absolute atomic E-state index is 15.3. The Morgan fingerprint density at radius 1 is 0.972 bits per heavy atom. The first kappa shape index (κ1) is 51.6. The van der Waals surface area contributed by atoms with E-state index >= 15 is 4.79 Å². The number of aliphatic hydroxyl groups excluding tert-OH is 2. The predicted octanol–water partition coefficient (Wildman–Crippen LogP) is 3.76. The molecule has 1 saturated heterocycles. The molecule has 7 N–H and O–H groups in total. The third kappa shape index (κ3) is 8.19. The van der Waals surface area contributed by atoms with E-state index in [0.717, 1.165) is 84.4 Å². The molecule has 9 rings (SSSR count). The molecule has 1 amide bonds. The maximum Gasteiger partial charge on any atom is 0.335 e. The number of esters is 2. The fourth-order valence-electron chi connectivity index (χ4n) is 13.7. The van der Waals surface area contributed by atoms with E-state index < -0.39 is 64.1 Å². The van der Waals surface area contributed by atoms with Gasteiger partial charge in [0.1, 0.15) is 22.9 Å². The van der Waals surface area contributed by atoms with Crippen molar-refractivity contribution in [3.63, 3.8) is 0 Å². The fraction of sp³-hybridized carbons (Fsp3) is 0.566. The van der Waals surface area contributed by atoms with E-state index in [9.17, 15) is 24.3 Å². The van der Waals surface area contributed by atoms with E-state index in [1.165, 1.54) is 19.6 Å². The highest BCUT2D eigenvalue weighted by Gasteiger charge is 2.78. The highest BCUT2D eigenvalue weighted by molar-refractivity contribution is 5.94. The monoisotopic (exact) mass is 983 g/mol. The quantitative estimate of drug-likeness (QED) is 0.0897. The van der Waals surface area contributed by atoms with Crippen LogP contribution >= 0.6 is 0 Å². The summed E-state index contributed by atoms with van der Waals surface area (Å²) in [5.74, 6) is -3.92. The maximum atomic E-state index is 15.3. The largest absolute Gasteiger partial charge is 0.496 e. The zero-order valence-electron chi connectivity index (χ0n) is 41.7. The third-order valence-corrected chi connectivity index (χ3v) is 16.5. The van der Waals surface area contributed by atoms with Crippen molar-refractivity contribution in [3.05, 3.63) is 82.6 Å². The Morgan fingerprint density at radius 2 is 1.69 bits per heavy atom. The number of nitrogens with zero attached hydrogens (tertiary/aromatic N) is 3. The number of aromatic amines is 1. The zero-order valence-corrected chi connectivity index (χ0v) is 41.7. The number of aliphatic carboxylic acids is 2. The Kier molecular flexibility index (Phi) is 14.3. The average Bonchev–Trinajstić information content (AvgIpc) is 4.01. The van der Waals surface area contributed by atoms with Gasteiger partial charge in [0.2, 0.25) is 5.91 Å². The van der Waals surface area contributed by atoms with Gasteiger partial charge in [0.25, 0.3) is 0 Å². The molecule has 3 aromatic rings. The number of ether oxygens (including phenoxy) is 3. The first-order valence-electron chi connectivity index (χ1n) is 24.8. The average molecular weight is 984 g/mol. The van der Waals surface area contributed by atoms with Crippen LogP contribution in [-0.4, -0.2) is 160 Å². The summed E-state index contributed by atoms with van der Waals surface area (Å²) >= 11 is 0. The Balaban J connectivity index is 0.000000611. The molecule has 1 saturated carbocycles. The van der Waals surface area contributed by atoms with Gasteiger partial charge in [0, 0.05) is 97.4 Å². The lowest BCUT2D eigenvalue weighted by molar-refractivity contribution is -0.217. The van der Waals surface area contributed by atoms with Crippen molar-refractivity contribution in [3.8, 4) is 5.75 Å². The number of benzene rings is 2. The number of methoxy groups -OCH3 is 2. The van der Waals surface area contributed by atoms with Crippen LogP contribution in [0.1, 0.15) is 95.0 Å². The molecule has 3 unspecified atom stereocenters. The third-order valence-electron chi connectivity index (χ3n) is 16.5. The molecule has 0 radical (unpaired) electrons. The van der Waals surface area contributed by atoms with Gasteiger partial charge in [-0.3, -0.25) is 24.2 Å². The number of carbonyl (C=O) groups is 5. The number of unbranched alkanes of at least 4 members (excludes halogenated alkanes) is 1. The molecule has 1 aromatic heterocycles. The van der Waals surface area contributed by atoms with E-state index in [1.807, 2.05) is 20.0 Å². The van der Waals surface area contributed by atoms with Crippen molar-refractivity contribution in [1.82, 2.24) is 20.1 Å². The predicted molar refractivity (Wildman–Crippen MR) is 262 cm³/mol. The van der Waals surface area contributed by atoms with Crippen LogP contribution in [0.3, 0.4) is 0 Å². The zero-order chi connectivity index (χ0) is 51.4. The molecule has 6 heterocycles. The molecule has 18 nitrogen and oxygen atoms in total. The standard InChI is InChI=1S/C49H63N5O7.C4H6O6/c1-8-11-17-40(56)50-29-49(58)43-47(19-21-54-20-14-18-46(10-3,42(47)54)44(49)61-30(4)55)35-23-36(39(59-6)24-38(35)52(43)5)48(45(57)60-7)25-32-22-31(9-2)26-53(27-32)28-34-33-15-12-13-16-37(33)51-41(34)48;5-1(3(7)8)2(6)4(9)10/h12-16,18,22-24,32,42-44,51,58H,8-11,17,19-21,25-29H2,1-7H3,(H,50,56);1-2,5-6H,(H,7,8)(H,9,10)/t32-,42-,43+,44+,46+,47+,48-,49-;/m0./s1. The number of para-hydroxylation sites is 1. The van der Waals surface area contributed by atoms with Gasteiger partial charge in [0.05, 0.1) is 26.8 Å². The Labute approximate surface area is 413 Å². The number of carboxylic acid groups (broad SMARTS) is 2. The highest BCUT2D eigenvalue weighted by atomic mass is 16.6. The second-order valence-electron chi connectivity index (χ2n) is 20.3. The van der Waals surface area contributed by atoms with Crippen LogP contribution in [0.5, 0.6) is 5.75 Å². The lowest BCUT2D eigenvalue weighted by atomic mass is 9.47. The molecule has 2 bridgehead atoms. The molecular formula is C53H69N5O13. The summed E-state index contributed by atoms with van der Waals surface area (Å²) in [6, 6.07) is 11.8. The summed E-state index contributed by atoms with van der Waals surface area (Å²) < 4.78 is 18.8. The van der Waals surface area contributed by atoms with Gasteiger partial charge in [-0.1, -0.05) is 69.2 Å². The van der Waals surface area contributed by atoms with Crippen molar-refractivity contribution in [2.24, 2.45) is 11.3 Å². The minimum absolute atomic E-state index is 0.0488. The number of aliphatic hydroxyl groups is 3. The smallest absolute Gasteiger partial charge is 0.335 e. The van der Waals surface area contributed by atoms with Crippen molar-refractivity contribution in [1.29, 1.82) is 0 Å². The number of likely N-dealkylation sites (N-methyl/N-ethyl adjacent to an activating group) is 1. The van der Waals surface area contributed by atoms with Crippen LogP contribution in [0.4, 0.5) is 5.69 Å². The SMILES string of the molecule is CCCCC(=O)NC[C@@]1(O)[C@H](OC(C)=O)[C@]2(CC)C=CCN3CC[C@@]4(c5cc([C@@]6(C(=O)OC)C[C@@H]7C=C(CC)CN(Cc8c6[nH]c6ccccc86)C7)c(OC)cc5N(C)[C@@H]14)[C@@H]32.O=C(O)C(O)C(O)C(=O)O. The number of aromatic nitrogens is 1. The first-order valence-corrected chi connectivity index (χ1v) is 24.8. The molecular weight excluding hydrogens is 915 g/mol. The molecule has 18 heteroatoms. The number of carboxylic acids is 2. The number of hydrogen-bond donors (Lipinski definition) is 7. The molecule has 1 aliphatic carbocycles. The van der Waals surface area contributed by atoms with Crippen LogP contribution in [0.2, 0.25) is 0 Å². The van der Waals surface area contributed by atoms with Crippen LogP contribution < -0.4 is 15.0 Å². The van der Waals surface area contributed by atoms with Crippen molar-refractivity contribution in [2.45, 2.75) is 126 Å². The van der Waals surface area contributed by atoms with E-state index in [-0.39, 0.29) is 30.4 Å². The molecule has 1 spiro atoms. The second kappa shape index (κ2) is 19.7. The van der Waals surface area contributed by atoms with Gasteiger partial charge >= 0.3 is 23.9 Å². The van der Waals surface area contributed by atoms with E-state index in [0.29, 0.717) is 38.0 Å². The topological polar surface area (TPSA) is 252 Å². The van der Waals surface area contributed by atoms with Crippen LogP contribution in [-0.2, 0) is 50.8 Å². The van der Waals surface area contributed by atoms with Gasteiger partial charge in [-0.2, -0.15) is 0 Å². The van der Waals surface area contributed by atoms with Crippen molar-refractivity contribution in [2.75, 3.05) is 58.9 Å². The summed E-state index contributed by atoms with van der Waals surface area (Å²) in [6.07, 6.45) is 5.83. The number of anilines is 1. The highest BCUT2D eigenvalue weighted by Crippen LogP contribution is 2.68. The van der Waals surface area contributed by atoms with E-state index in [4.69, 9.17) is 34.6 Å². The molecule has 2 fully saturated rings. The number of rotatable bonds is 14. The molecule has 2 aromatic carbocycles. The van der Waals surface area contributed by atoms with Crippen LogP contribution in [0.15, 0.2) is 60.2 Å². The number of H-pyrrole nitrogens is 1. The molecule has 71 heavy (non-hydrogen) atoms. The van der Waals surface area contributed by atoms with Gasteiger partial charge in [-0.25, -0.2) is 9.59 Å². The number of hydrogen-bond acceptors (Lipinski definition) is 14. The lowest BCUT2D eigenvalue weighted by Gasteiger charge is -2.64. The van der Waals surface area contributed by atoms with Gasteiger partial charge < -0.3 is 54.9 Å². The summed E-state index contributed by atoms with van der Waals surface area (Å²) in [5, 5.41) is 50.5. The summed E-state index contributed by atoms with van der Waals surface area (Å²) in [5.41, 5.74) is 2.31.